The highest BCUT2D eigenvalue weighted by Gasteiger charge is 2.34. The molecule has 2 N–H and O–H groups in total. The number of hydrogen-bond acceptors (Lipinski definition) is 5. The summed E-state index contributed by atoms with van der Waals surface area (Å²) in [7, 11) is 0. The van der Waals surface area contributed by atoms with Crippen molar-refractivity contribution in [2.24, 2.45) is 11.7 Å². The molecule has 0 bridgehead atoms. The van der Waals surface area contributed by atoms with Gasteiger partial charge in [0, 0.05) is 57.4 Å². The molecule has 4 rings (SSSR count). The molecule has 2 saturated heterocycles. The average molecular weight is 402 g/mol. The molecule has 1 aliphatic carbocycles. The summed E-state index contributed by atoms with van der Waals surface area (Å²) < 4.78 is 5.76. The van der Waals surface area contributed by atoms with E-state index in [1.807, 2.05) is 9.80 Å². The zero-order valence-corrected chi connectivity index (χ0v) is 17.0. The van der Waals surface area contributed by atoms with Crippen molar-refractivity contribution in [3.8, 4) is 0 Å². The molecule has 3 heterocycles. The highest BCUT2D eigenvalue weighted by atomic mass is 16.5. The number of primary amides is 1. The van der Waals surface area contributed by atoms with Crippen LogP contribution in [0.2, 0.25) is 0 Å². The number of urea groups is 1. The number of carbonyl (C=O) groups is 2. The van der Waals surface area contributed by atoms with Crippen molar-refractivity contribution < 1.29 is 14.3 Å². The Kier molecular flexibility index (Phi) is 6.30. The van der Waals surface area contributed by atoms with E-state index in [-0.39, 0.29) is 11.7 Å². The fraction of sp³-hybridized carbons (Fsp3) is 0.667. The van der Waals surface area contributed by atoms with Gasteiger partial charge in [-0.25, -0.2) is 4.79 Å². The molecule has 3 fully saturated rings. The van der Waals surface area contributed by atoms with Gasteiger partial charge in [0.15, 0.2) is 0 Å². The van der Waals surface area contributed by atoms with E-state index < -0.39 is 5.91 Å². The van der Waals surface area contributed by atoms with Crippen LogP contribution >= 0.6 is 0 Å². The Balaban J connectivity index is 1.14. The Labute approximate surface area is 172 Å². The van der Waals surface area contributed by atoms with E-state index in [0.29, 0.717) is 19.1 Å². The third kappa shape index (κ3) is 4.87. The van der Waals surface area contributed by atoms with Crippen LogP contribution in [0.5, 0.6) is 0 Å². The molecule has 0 atom stereocenters. The molecule has 1 aromatic rings. The summed E-state index contributed by atoms with van der Waals surface area (Å²) in [4.78, 5) is 34.4. The van der Waals surface area contributed by atoms with Crippen molar-refractivity contribution in [2.45, 2.75) is 38.3 Å². The normalized spacial score (nSPS) is 21.4. The number of ether oxygens (including phenoxy) is 1. The highest BCUT2D eigenvalue weighted by molar-refractivity contribution is 5.90. The maximum absolute atomic E-state index is 12.8. The third-order valence-electron chi connectivity index (χ3n) is 6.32. The second-order valence-electron chi connectivity index (χ2n) is 8.45. The first-order valence-corrected chi connectivity index (χ1v) is 10.7. The lowest BCUT2D eigenvalue weighted by atomic mass is 9.91. The highest BCUT2D eigenvalue weighted by Crippen LogP contribution is 2.26. The number of amides is 3. The molecule has 3 amide bonds. The third-order valence-corrected chi connectivity index (χ3v) is 6.32. The quantitative estimate of drug-likeness (QED) is 0.776. The summed E-state index contributed by atoms with van der Waals surface area (Å²) in [5.41, 5.74) is 6.35. The van der Waals surface area contributed by atoms with E-state index in [4.69, 9.17) is 10.5 Å². The molecule has 158 valence electrons. The molecule has 0 radical (unpaired) electrons. The summed E-state index contributed by atoms with van der Waals surface area (Å²) in [6, 6.07) is 4.36. The van der Waals surface area contributed by atoms with Gasteiger partial charge in [-0.1, -0.05) is 12.5 Å². The number of hydrogen-bond donors (Lipinski definition) is 1. The molecular formula is C21H31N5O3. The van der Waals surface area contributed by atoms with E-state index in [1.165, 1.54) is 19.3 Å². The van der Waals surface area contributed by atoms with Gasteiger partial charge in [0.2, 0.25) is 0 Å². The summed E-state index contributed by atoms with van der Waals surface area (Å²) in [6.07, 6.45) is 6.70. The average Bonchev–Trinajstić information content (AvgIpc) is 2.88. The number of pyridine rings is 1. The number of likely N-dealkylation sites (tertiary alicyclic amines) is 1. The van der Waals surface area contributed by atoms with Gasteiger partial charge in [-0.05, 0) is 30.9 Å². The Morgan fingerprint density at radius 2 is 1.90 bits per heavy atom. The van der Waals surface area contributed by atoms with E-state index >= 15 is 0 Å². The van der Waals surface area contributed by atoms with Crippen molar-refractivity contribution in [3.05, 3.63) is 29.6 Å². The van der Waals surface area contributed by atoms with Crippen molar-refractivity contribution in [1.82, 2.24) is 19.7 Å². The number of nitrogens with zero attached hydrogens (tertiary/aromatic N) is 4. The second-order valence-corrected chi connectivity index (χ2v) is 8.45. The maximum Gasteiger partial charge on any atom is 0.320 e. The van der Waals surface area contributed by atoms with Crippen LogP contribution in [0.25, 0.3) is 0 Å². The zero-order chi connectivity index (χ0) is 20.2. The van der Waals surface area contributed by atoms with E-state index in [9.17, 15) is 9.59 Å². The number of nitrogens with two attached hydrogens (primary N) is 1. The molecule has 0 spiro atoms. The number of aromatic nitrogens is 1. The molecule has 29 heavy (non-hydrogen) atoms. The first-order chi connectivity index (χ1) is 14.1. The number of rotatable bonds is 6. The summed E-state index contributed by atoms with van der Waals surface area (Å²) in [5.74, 6) is -0.146. The van der Waals surface area contributed by atoms with Crippen molar-refractivity contribution in [1.29, 1.82) is 0 Å². The van der Waals surface area contributed by atoms with Gasteiger partial charge in [-0.15, -0.1) is 0 Å². The molecular weight excluding hydrogens is 370 g/mol. The van der Waals surface area contributed by atoms with Gasteiger partial charge in [0.1, 0.15) is 5.69 Å². The Morgan fingerprint density at radius 3 is 2.55 bits per heavy atom. The van der Waals surface area contributed by atoms with Crippen LogP contribution in [0.3, 0.4) is 0 Å². The Hall–Kier alpha value is -2.19. The largest absolute Gasteiger partial charge is 0.376 e. The van der Waals surface area contributed by atoms with Gasteiger partial charge in [-0.3, -0.25) is 14.7 Å². The molecule has 8 heteroatoms. The molecule has 3 aliphatic rings. The molecule has 0 aromatic carbocycles. The lowest BCUT2D eigenvalue weighted by Crippen LogP contribution is -2.56. The first kappa shape index (κ1) is 20.1. The molecule has 1 aromatic heterocycles. The van der Waals surface area contributed by atoms with Crippen LogP contribution in [0.15, 0.2) is 18.3 Å². The molecule has 0 unspecified atom stereocenters. The van der Waals surface area contributed by atoms with Crippen LogP contribution < -0.4 is 5.73 Å². The maximum atomic E-state index is 12.8. The zero-order valence-electron chi connectivity index (χ0n) is 17.0. The minimum atomic E-state index is -0.531. The predicted octanol–water partition coefficient (Wildman–Crippen LogP) is 1.31. The minimum Gasteiger partial charge on any atom is -0.376 e. The van der Waals surface area contributed by atoms with Crippen LogP contribution in [-0.2, 0) is 11.3 Å². The topological polar surface area (TPSA) is 92.0 Å². The van der Waals surface area contributed by atoms with Crippen molar-refractivity contribution >= 4 is 11.9 Å². The van der Waals surface area contributed by atoms with Crippen molar-refractivity contribution in [3.63, 3.8) is 0 Å². The van der Waals surface area contributed by atoms with Crippen LogP contribution in [0, 0.1) is 5.92 Å². The van der Waals surface area contributed by atoms with E-state index in [1.54, 1.807) is 18.3 Å². The standard InChI is InChI=1S/C21H31N5O3/c22-20(27)19-6-5-16(11-23-19)14-29-15-17-12-26(13-17)21(28)25-8-2-7-24(9-10-25)18-3-1-4-18/h5-6,11,17-18H,1-4,7-10,12-15H2,(H2,22,27). The van der Waals surface area contributed by atoms with Gasteiger partial charge >= 0.3 is 6.03 Å². The summed E-state index contributed by atoms with van der Waals surface area (Å²) in [6.45, 7) is 6.45. The molecule has 1 saturated carbocycles. The lowest BCUT2D eigenvalue weighted by molar-refractivity contribution is 0.0173. The molecule has 2 aliphatic heterocycles. The fourth-order valence-electron chi connectivity index (χ4n) is 4.28. The van der Waals surface area contributed by atoms with Crippen LogP contribution in [0.1, 0.15) is 41.7 Å². The van der Waals surface area contributed by atoms with Gasteiger partial charge in [0.05, 0.1) is 13.2 Å². The Bertz CT molecular complexity index is 716. The monoisotopic (exact) mass is 401 g/mol. The second kappa shape index (κ2) is 9.09. The minimum absolute atomic E-state index is 0.183. The van der Waals surface area contributed by atoms with Crippen molar-refractivity contribution in [2.75, 3.05) is 45.9 Å². The van der Waals surface area contributed by atoms with Gasteiger partial charge < -0.3 is 20.3 Å². The first-order valence-electron chi connectivity index (χ1n) is 10.7. The summed E-state index contributed by atoms with van der Waals surface area (Å²) in [5, 5.41) is 0. The lowest BCUT2D eigenvalue weighted by Gasteiger charge is -2.42. The number of carbonyl (C=O) groups excluding carboxylic acids is 2. The van der Waals surface area contributed by atoms with Gasteiger partial charge in [0.25, 0.3) is 5.91 Å². The SMILES string of the molecule is NC(=O)c1ccc(COCC2CN(C(=O)N3CCCN(C4CCC4)CC3)C2)cn1. The molecule has 8 nitrogen and oxygen atoms in total. The fourth-order valence-corrected chi connectivity index (χ4v) is 4.28. The van der Waals surface area contributed by atoms with Crippen LogP contribution in [0.4, 0.5) is 4.79 Å². The van der Waals surface area contributed by atoms with E-state index in [0.717, 1.165) is 57.3 Å². The van der Waals surface area contributed by atoms with Gasteiger partial charge in [-0.2, -0.15) is 0 Å². The van der Waals surface area contributed by atoms with Crippen LogP contribution in [-0.4, -0.2) is 83.5 Å². The smallest absolute Gasteiger partial charge is 0.320 e. The summed E-state index contributed by atoms with van der Waals surface area (Å²) >= 11 is 0. The van der Waals surface area contributed by atoms with E-state index in [2.05, 4.69) is 9.88 Å². The predicted molar refractivity (Wildman–Crippen MR) is 108 cm³/mol. The Morgan fingerprint density at radius 1 is 1.07 bits per heavy atom.